The molecule has 0 saturated carbocycles. The molecule has 1 aromatic carbocycles. The number of hydrogen-bond acceptors (Lipinski definition) is 5. The molecular weight excluding hydrogens is 292 g/mol. The maximum absolute atomic E-state index is 12.0. The van der Waals surface area contributed by atoms with Gasteiger partial charge >= 0.3 is 0 Å². The first-order valence-electron chi connectivity index (χ1n) is 6.56. The summed E-state index contributed by atoms with van der Waals surface area (Å²) in [6.45, 7) is 4.29. The Labute approximate surface area is 123 Å². The van der Waals surface area contributed by atoms with E-state index in [1.54, 1.807) is 36.5 Å². The lowest BCUT2D eigenvalue weighted by Gasteiger charge is -2.10. The maximum atomic E-state index is 12.0. The summed E-state index contributed by atoms with van der Waals surface area (Å²) < 4.78 is 24.1. The first kappa shape index (κ1) is 15.0. The molecule has 0 saturated heterocycles. The number of hydrogen-bond donors (Lipinski definition) is 1. The fourth-order valence-corrected chi connectivity index (χ4v) is 3.68. The zero-order valence-corrected chi connectivity index (χ0v) is 13.2. The molecule has 0 amide bonds. The molecule has 6 heteroatoms. The van der Waals surface area contributed by atoms with E-state index in [-0.39, 0.29) is 5.75 Å². The number of nitrogens with one attached hydrogen (secondary N) is 1. The van der Waals surface area contributed by atoms with Gasteiger partial charge in [0.2, 0.25) is 0 Å². The molecule has 20 heavy (non-hydrogen) atoms. The normalized spacial score (nSPS) is 11.5. The predicted molar refractivity (Wildman–Crippen MR) is 83.0 cm³/mol. The van der Waals surface area contributed by atoms with Crippen molar-refractivity contribution in [2.45, 2.75) is 31.7 Å². The van der Waals surface area contributed by atoms with E-state index in [4.69, 9.17) is 0 Å². The van der Waals surface area contributed by atoms with Gasteiger partial charge < -0.3 is 5.32 Å². The fourth-order valence-electron chi connectivity index (χ4n) is 1.80. The van der Waals surface area contributed by atoms with Crippen LogP contribution < -0.4 is 5.32 Å². The smallest absolute Gasteiger partial charge is 0.180 e. The van der Waals surface area contributed by atoms with Crippen molar-refractivity contribution in [1.82, 2.24) is 4.98 Å². The molecule has 1 aromatic heterocycles. The van der Waals surface area contributed by atoms with E-state index >= 15 is 0 Å². The molecule has 0 spiro atoms. The summed E-state index contributed by atoms with van der Waals surface area (Å²) in [4.78, 5) is 5.91. The highest BCUT2D eigenvalue weighted by Gasteiger charge is 2.15. The Kier molecular flexibility index (Phi) is 4.77. The van der Waals surface area contributed by atoms with Gasteiger partial charge in [0.05, 0.1) is 22.9 Å². The van der Waals surface area contributed by atoms with Crippen molar-refractivity contribution >= 4 is 26.9 Å². The van der Waals surface area contributed by atoms with Gasteiger partial charge in [-0.25, -0.2) is 13.4 Å². The third-order valence-electron chi connectivity index (χ3n) is 2.98. The molecule has 0 unspecified atom stereocenters. The first-order chi connectivity index (χ1) is 9.56. The third kappa shape index (κ3) is 3.37. The van der Waals surface area contributed by atoms with Crippen LogP contribution in [-0.4, -0.2) is 19.2 Å². The summed E-state index contributed by atoms with van der Waals surface area (Å²) in [5, 5.41) is 4.14. The highest BCUT2D eigenvalue weighted by atomic mass is 32.2. The van der Waals surface area contributed by atoms with Gasteiger partial charge in [-0.2, -0.15) is 0 Å². The van der Waals surface area contributed by atoms with E-state index in [2.05, 4.69) is 17.2 Å². The molecule has 0 radical (unpaired) electrons. The Balaban J connectivity index is 2.18. The third-order valence-corrected chi connectivity index (χ3v) is 5.91. The van der Waals surface area contributed by atoms with Crippen molar-refractivity contribution in [2.24, 2.45) is 0 Å². The number of benzene rings is 1. The Bertz CT molecular complexity index is 678. The topological polar surface area (TPSA) is 59.1 Å². The van der Waals surface area contributed by atoms with Crippen LogP contribution in [0.1, 0.15) is 23.7 Å². The summed E-state index contributed by atoms with van der Waals surface area (Å²) in [6, 6.07) is 7.00. The van der Waals surface area contributed by atoms with E-state index < -0.39 is 9.84 Å². The number of para-hydroxylation sites is 1. The fraction of sp³-hybridized carbons (Fsp3) is 0.357. The van der Waals surface area contributed by atoms with Gasteiger partial charge in [0.1, 0.15) is 5.01 Å². The molecule has 0 aliphatic heterocycles. The summed E-state index contributed by atoms with van der Waals surface area (Å²) in [7, 11) is -3.21. The highest BCUT2D eigenvalue weighted by molar-refractivity contribution is 7.91. The standard InChI is InChI=1S/C14H18N2O2S2/c1-3-11-9-16-14(19-11)10-15-12-7-5-6-8-13(12)20(17,18)4-2/h5-9,15H,3-4,10H2,1-2H3. The number of aromatic nitrogens is 1. The summed E-state index contributed by atoms with van der Waals surface area (Å²) >= 11 is 1.65. The molecule has 0 aliphatic rings. The van der Waals surface area contributed by atoms with E-state index in [1.165, 1.54) is 4.88 Å². The van der Waals surface area contributed by atoms with E-state index in [1.807, 2.05) is 12.3 Å². The number of anilines is 1. The molecule has 0 fully saturated rings. The van der Waals surface area contributed by atoms with Crippen LogP contribution in [0.5, 0.6) is 0 Å². The van der Waals surface area contributed by atoms with Crippen LogP contribution in [0.2, 0.25) is 0 Å². The quantitative estimate of drug-likeness (QED) is 0.890. The molecular formula is C14H18N2O2S2. The van der Waals surface area contributed by atoms with Gasteiger partial charge in [-0.3, -0.25) is 0 Å². The second kappa shape index (κ2) is 6.37. The summed E-state index contributed by atoms with van der Waals surface area (Å²) in [6.07, 6.45) is 2.84. The zero-order chi connectivity index (χ0) is 14.6. The zero-order valence-electron chi connectivity index (χ0n) is 11.6. The monoisotopic (exact) mass is 310 g/mol. The predicted octanol–water partition coefficient (Wildman–Crippen LogP) is 3.11. The highest BCUT2D eigenvalue weighted by Crippen LogP contribution is 2.23. The van der Waals surface area contributed by atoms with E-state index in [0.717, 1.165) is 11.4 Å². The number of aryl methyl sites for hydroxylation is 1. The number of rotatable bonds is 6. The van der Waals surface area contributed by atoms with Gasteiger partial charge in [0, 0.05) is 11.1 Å². The van der Waals surface area contributed by atoms with Gasteiger partial charge in [0.25, 0.3) is 0 Å². The molecule has 0 atom stereocenters. The second-order valence-corrected chi connectivity index (χ2v) is 7.77. The molecule has 1 heterocycles. The van der Waals surface area contributed by atoms with Gasteiger partial charge in [-0.05, 0) is 18.6 Å². The molecule has 1 N–H and O–H groups in total. The van der Waals surface area contributed by atoms with Gasteiger partial charge in [-0.15, -0.1) is 11.3 Å². The minimum atomic E-state index is -3.21. The van der Waals surface area contributed by atoms with Crippen LogP contribution >= 0.6 is 11.3 Å². The molecule has 0 aliphatic carbocycles. The Morgan fingerprint density at radius 1 is 1.25 bits per heavy atom. The van der Waals surface area contributed by atoms with E-state index in [0.29, 0.717) is 17.1 Å². The van der Waals surface area contributed by atoms with Crippen LogP contribution in [-0.2, 0) is 22.8 Å². The van der Waals surface area contributed by atoms with Crippen LogP contribution in [0.15, 0.2) is 35.4 Å². The van der Waals surface area contributed by atoms with Gasteiger partial charge in [-0.1, -0.05) is 26.0 Å². The lowest BCUT2D eigenvalue weighted by molar-refractivity contribution is 0.597. The molecule has 2 rings (SSSR count). The van der Waals surface area contributed by atoms with Crippen molar-refractivity contribution in [3.63, 3.8) is 0 Å². The lowest BCUT2D eigenvalue weighted by Crippen LogP contribution is -2.09. The first-order valence-corrected chi connectivity index (χ1v) is 9.03. The number of sulfone groups is 1. The van der Waals surface area contributed by atoms with Gasteiger partial charge in [0.15, 0.2) is 9.84 Å². The minimum Gasteiger partial charge on any atom is -0.377 e. The molecule has 2 aromatic rings. The van der Waals surface area contributed by atoms with Crippen LogP contribution in [0, 0.1) is 0 Å². The molecule has 0 bridgehead atoms. The van der Waals surface area contributed by atoms with Crippen LogP contribution in [0.3, 0.4) is 0 Å². The Morgan fingerprint density at radius 2 is 2.00 bits per heavy atom. The van der Waals surface area contributed by atoms with E-state index in [9.17, 15) is 8.42 Å². The summed E-state index contributed by atoms with van der Waals surface area (Å²) in [5.41, 5.74) is 0.641. The largest absolute Gasteiger partial charge is 0.377 e. The Hall–Kier alpha value is -1.40. The number of thiazole rings is 1. The lowest BCUT2D eigenvalue weighted by atomic mass is 10.3. The van der Waals surface area contributed by atoms with Crippen molar-refractivity contribution in [3.05, 3.63) is 40.3 Å². The van der Waals surface area contributed by atoms with Crippen molar-refractivity contribution < 1.29 is 8.42 Å². The number of nitrogens with zero attached hydrogens (tertiary/aromatic N) is 1. The average molecular weight is 310 g/mol. The summed E-state index contributed by atoms with van der Waals surface area (Å²) in [5.74, 6) is 0.100. The van der Waals surface area contributed by atoms with Crippen LogP contribution in [0.25, 0.3) is 0 Å². The average Bonchev–Trinajstić information content (AvgIpc) is 2.93. The second-order valence-electron chi connectivity index (χ2n) is 4.33. The maximum Gasteiger partial charge on any atom is 0.180 e. The molecule has 108 valence electrons. The van der Waals surface area contributed by atoms with Crippen LogP contribution in [0.4, 0.5) is 5.69 Å². The van der Waals surface area contributed by atoms with Crippen molar-refractivity contribution in [3.8, 4) is 0 Å². The van der Waals surface area contributed by atoms with Crippen molar-refractivity contribution in [1.29, 1.82) is 0 Å². The Morgan fingerprint density at radius 3 is 2.65 bits per heavy atom. The van der Waals surface area contributed by atoms with Crippen molar-refractivity contribution in [2.75, 3.05) is 11.1 Å². The minimum absolute atomic E-state index is 0.100. The SMILES string of the molecule is CCc1cnc(CNc2ccccc2S(=O)(=O)CC)s1. The molecule has 4 nitrogen and oxygen atoms in total.